The third-order valence-corrected chi connectivity index (χ3v) is 1.61. The number of rotatable bonds is 6. The van der Waals surface area contributed by atoms with E-state index >= 15 is 0 Å². The first kappa shape index (κ1) is 9.92. The Labute approximate surface area is 72.1 Å². The quantitative estimate of drug-likeness (QED) is 0.537. The summed E-state index contributed by atoms with van der Waals surface area (Å²) in [5.74, 6) is 0. The smallest absolute Gasteiger partial charge is 0.0835 e. The molecule has 1 saturated heterocycles. The van der Waals surface area contributed by atoms with Gasteiger partial charge in [0.05, 0.1) is 38.1 Å². The van der Waals surface area contributed by atoms with E-state index in [0.29, 0.717) is 6.42 Å². The minimum Gasteiger partial charge on any atom is -0.391 e. The van der Waals surface area contributed by atoms with E-state index in [1.165, 1.54) is 0 Å². The van der Waals surface area contributed by atoms with E-state index in [9.17, 15) is 5.11 Å². The second-order valence-electron chi connectivity index (χ2n) is 3.23. The van der Waals surface area contributed by atoms with Gasteiger partial charge in [0.25, 0.3) is 0 Å². The van der Waals surface area contributed by atoms with E-state index in [4.69, 9.17) is 14.6 Å². The molecular weight excluding hydrogens is 160 g/mol. The highest BCUT2D eigenvalue weighted by Gasteiger charge is 2.25. The van der Waals surface area contributed by atoms with Gasteiger partial charge in [0.15, 0.2) is 0 Å². The van der Waals surface area contributed by atoms with E-state index in [0.717, 1.165) is 6.61 Å². The molecule has 0 spiro atoms. The highest BCUT2D eigenvalue weighted by atomic mass is 16.6. The summed E-state index contributed by atoms with van der Waals surface area (Å²) in [5.41, 5.74) is 0. The molecule has 4 heteroatoms. The predicted molar refractivity (Wildman–Crippen MR) is 42.9 cm³/mol. The maximum absolute atomic E-state index is 9.29. The van der Waals surface area contributed by atoms with Crippen molar-refractivity contribution in [3.05, 3.63) is 0 Å². The number of aliphatic hydroxyl groups is 2. The SMILES string of the molecule is CC(O)COCC(O)CC1CO1. The third kappa shape index (κ3) is 4.66. The zero-order valence-electron chi connectivity index (χ0n) is 7.27. The van der Waals surface area contributed by atoms with Crippen LogP contribution in [0.15, 0.2) is 0 Å². The van der Waals surface area contributed by atoms with Crippen molar-refractivity contribution in [3.63, 3.8) is 0 Å². The van der Waals surface area contributed by atoms with Crippen LogP contribution in [-0.4, -0.2) is 48.3 Å². The molecule has 0 aromatic rings. The molecule has 2 N–H and O–H groups in total. The molecule has 72 valence electrons. The molecule has 3 atom stereocenters. The molecule has 1 heterocycles. The minimum atomic E-state index is -0.464. The first-order valence-corrected chi connectivity index (χ1v) is 4.24. The fraction of sp³-hybridized carbons (Fsp3) is 1.00. The summed E-state index contributed by atoms with van der Waals surface area (Å²) in [6.45, 7) is 2.97. The lowest BCUT2D eigenvalue weighted by atomic mass is 10.2. The van der Waals surface area contributed by atoms with Crippen molar-refractivity contribution in [2.24, 2.45) is 0 Å². The van der Waals surface area contributed by atoms with Gasteiger partial charge in [-0.15, -0.1) is 0 Å². The molecule has 1 aliphatic heterocycles. The van der Waals surface area contributed by atoms with Gasteiger partial charge in [-0.1, -0.05) is 0 Å². The molecule has 0 saturated carbocycles. The Morgan fingerprint density at radius 2 is 2.17 bits per heavy atom. The monoisotopic (exact) mass is 176 g/mol. The van der Waals surface area contributed by atoms with Crippen molar-refractivity contribution in [1.82, 2.24) is 0 Å². The first-order valence-electron chi connectivity index (χ1n) is 4.24. The lowest BCUT2D eigenvalue weighted by Gasteiger charge is -2.10. The van der Waals surface area contributed by atoms with Gasteiger partial charge >= 0.3 is 0 Å². The van der Waals surface area contributed by atoms with Crippen molar-refractivity contribution in [3.8, 4) is 0 Å². The lowest BCUT2D eigenvalue weighted by molar-refractivity contribution is -0.00633. The first-order chi connectivity index (χ1) is 5.68. The largest absolute Gasteiger partial charge is 0.391 e. The molecule has 0 amide bonds. The van der Waals surface area contributed by atoms with Crippen LogP contribution >= 0.6 is 0 Å². The van der Waals surface area contributed by atoms with E-state index < -0.39 is 12.2 Å². The second kappa shape index (κ2) is 4.77. The highest BCUT2D eigenvalue weighted by molar-refractivity contribution is 4.73. The second-order valence-corrected chi connectivity index (χ2v) is 3.23. The maximum Gasteiger partial charge on any atom is 0.0835 e. The van der Waals surface area contributed by atoms with Gasteiger partial charge in [-0.25, -0.2) is 0 Å². The molecule has 1 rings (SSSR count). The molecule has 0 aliphatic carbocycles. The van der Waals surface area contributed by atoms with Gasteiger partial charge in [0.1, 0.15) is 0 Å². The molecule has 1 fully saturated rings. The third-order valence-electron chi connectivity index (χ3n) is 1.61. The molecule has 1 aliphatic rings. The summed E-state index contributed by atoms with van der Waals surface area (Å²) in [7, 11) is 0. The van der Waals surface area contributed by atoms with Crippen molar-refractivity contribution < 1.29 is 19.7 Å². The predicted octanol–water partition coefficient (Wildman–Crippen LogP) is -0.466. The van der Waals surface area contributed by atoms with Crippen LogP contribution in [0.3, 0.4) is 0 Å². The van der Waals surface area contributed by atoms with Gasteiger partial charge in [0.2, 0.25) is 0 Å². The number of epoxide rings is 1. The normalized spacial score (nSPS) is 26.8. The van der Waals surface area contributed by atoms with Crippen molar-refractivity contribution >= 4 is 0 Å². The zero-order valence-corrected chi connectivity index (χ0v) is 7.27. The molecular formula is C8H16O4. The maximum atomic E-state index is 9.29. The summed E-state index contributed by atoms with van der Waals surface area (Å²) in [5, 5.41) is 18.1. The van der Waals surface area contributed by atoms with Crippen LogP contribution in [-0.2, 0) is 9.47 Å². The molecule has 3 unspecified atom stereocenters. The Morgan fingerprint density at radius 1 is 1.50 bits per heavy atom. The Hall–Kier alpha value is -0.160. The van der Waals surface area contributed by atoms with Crippen LogP contribution < -0.4 is 0 Å². The Balaban J connectivity index is 1.90. The van der Waals surface area contributed by atoms with Gasteiger partial charge in [0, 0.05) is 6.42 Å². The van der Waals surface area contributed by atoms with Crippen molar-refractivity contribution in [2.45, 2.75) is 31.7 Å². The van der Waals surface area contributed by atoms with Gasteiger partial charge in [-0.3, -0.25) is 0 Å². The van der Waals surface area contributed by atoms with E-state index in [-0.39, 0.29) is 19.3 Å². The lowest BCUT2D eigenvalue weighted by Crippen LogP contribution is -2.21. The molecule has 0 aromatic carbocycles. The molecule has 0 radical (unpaired) electrons. The van der Waals surface area contributed by atoms with Crippen molar-refractivity contribution in [1.29, 1.82) is 0 Å². The summed E-state index contributed by atoms with van der Waals surface area (Å²) < 4.78 is 9.97. The number of aliphatic hydroxyl groups excluding tert-OH is 2. The Kier molecular flexibility index (Phi) is 3.94. The van der Waals surface area contributed by atoms with Gasteiger partial charge in [-0.2, -0.15) is 0 Å². The van der Waals surface area contributed by atoms with Crippen LogP contribution in [0.1, 0.15) is 13.3 Å². The number of hydrogen-bond donors (Lipinski definition) is 2. The van der Waals surface area contributed by atoms with E-state index in [2.05, 4.69) is 0 Å². The Bertz CT molecular complexity index is 122. The topological polar surface area (TPSA) is 62.2 Å². The van der Waals surface area contributed by atoms with Crippen LogP contribution in [0.25, 0.3) is 0 Å². The zero-order chi connectivity index (χ0) is 8.97. The summed E-state index contributed by atoms with van der Waals surface area (Å²) in [4.78, 5) is 0. The van der Waals surface area contributed by atoms with Crippen LogP contribution in [0.4, 0.5) is 0 Å². The van der Waals surface area contributed by atoms with Gasteiger partial charge in [-0.05, 0) is 6.92 Å². The fourth-order valence-electron chi connectivity index (χ4n) is 0.950. The number of hydrogen-bond acceptors (Lipinski definition) is 4. The van der Waals surface area contributed by atoms with Crippen LogP contribution in [0.5, 0.6) is 0 Å². The average Bonchev–Trinajstić information content (AvgIpc) is 2.70. The van der Waals surface area contributed by atoms with E-state index in [1.807, 2.05) is 0 Å². The fourth-order valence-corrected chi connectivity index (χ4v) is 0.950. The molecule has 4 nitrogen and oxygen atoms in total. The minimum absolute atomic E-state index is 0.232. The molecule has 0 bridgehead atoms. The standard InChI is InChI=1S/C8H16O4/c1-6(9)3-11-4-7(10)2-8-5-12-8/h6-10H,2-5H2,1H3. The highest BCUT2D eigenvalue weighted by Crippen LogP contribution is 2.15. The average molecular weight is 176 g/mol. The van der Waals surface area contributed by atoms with Crippen LogP contribution in [0.2, 0.25) is 0 Å². The molecule has 12 heavy (non-hydrogen) atoms. The summed E-state index contributed by atoms with van der Waals surface area (Å²) in [6.07, 6.45) is -0.0550. The van der Waals surface area contributed by atoms with E-state index in [1.54, 1.807) is 6.92 Å². The molecule has 0 aromatic heterocycles. The van der Waals surface area contributed by atoms with Crippen molar-refractivity contribution in [2.75, 3.05) is 19.8 Å². The van der Waals surface area contributed by atoms with Gasteiger partial charge < -0.3 is 19.7 Å². The summed E-state index contributed by atoms with van der Waals surface area (Å²) in [6, 6.07) is 0. The Morgan fingerprint density at radius 3 is 2.67 bits per heavy atom. The van der Waals surface area contributed by atoms with Crippen LogP contribution in [0, 0.1) is 0 Å². The summed E-state index contributed by atoms with van der Waals surface area (Å²) >= 11 is 0. The number of ether oxygens (including phenoxy) is 2.